The van der Waals surface area contributed by atoms with Gasteiger partial charge < -0.3 is 16.0 Å². The van der Waals surface area contributed by atoms with Gasteiger partial charge >= 0.3 is 0 Å². The number of hydrogen-bond donors (Lipinski definition) is 3. The first-order valence-corrected chi connectivity index (χ1v) is 8.38. The lowest BCUT2D eigenvalue weighted by Gasteiger charge is -2.09. The van der Waals surface area contributed by atoms with Gasteiger partial charge in [0.25, 0.3) is 5.91 Å². The van der Waals surface area contributed by atoms with E-state index in [1.807, 2.05) is 12.1 Å². The second kappa shape index (κ2) is 8.57. The molecule has 0 aliphatic carbocycles. The topological polar surface area (TPSA) is 96.0 Å². The molecule has 27 heavy (non-hydrogen) atoms. The maximum absolute atomic E-state index is 12.5. The summed E-state index contributed by atoms with van der Waals surface area (Å²) >= 11 is 0. The fraction of sp³-hybridized carbons (Fsp3) is 0.100. The van der Waals surface area contributed by atoms with Gasteiger partial charge in [-0.2, -0.15) is 0 Å². The smallest absolute Gasteiger partial charge is 0.255 e. The van der Waals surface area contributed by atoms with Gasteiger partial charge in [-0.05, 0) is 54.1 Å². The lowest BCUT2D eigenvalue weighted by atomic mass is 10.2. The maximum Gasteiger partial charge on any atom is 0.255 e. The molecule has 0 saturated carbocycles. The molecule has 0 saturated heterocycles. The normalized spacial score (nSPS) is 10.1. The molecule has 7 heteroatoms. The van der Waals surface area contributed by atoms with E-state index in [0.717, 1.165) is 5.56 Å². The highest BCUT2D eigenvalue weighted by Crippen LogP contribution is 2.15. The number of amides is 2. The summed E-state index contributed by atoms with van der Waals surface area (Å²) in [5.74, 6) is 0.229. The highest BCUT2D eigenvalue weighted by molar-refractivity contribution is 6.04. The van der Waals surface area contributed by atoms with Crippen LogP contribution >= 0.6 is 0 Å². The average molecular weight is 361 g/mol. The molecule has 2 aromatic heterocycles. The largest absolute Gasteiger partial charge is 0.366 e. The minimum Gasteiger partial charge on any atom is -0.366 e. The number of benzene rings is 1. The van der Waals surface area contributed by atoms with Crippen molar-refractivity contribution in [3.05, 3.63) is 78.2 Å². The zero-order valence-electron chi connectivity index (χ0n) is 14.8. The van der Waals surface area contributed by atoms with Gasteiger partial charge in [0.2, 0.25) is 5.91 Å². The van der Waals surface area contributed by atoms with E-state index in [4.69, 9.17) is 0 Å². The summed E-state index contributed by atoms with van der Waals surface area (Å²) in [4.78, 5) is 31.7. The van der Waals surface area contributed by atoms with E-state index in [2.05, 4.69) is 25.9 Å². The zero-order chi connectivity index (χ0) is 19.1. The Labute approximate surface area is 156 Å². The molecule has 0 aliphatic rings. The summed E-state index contributed by atoms with van der Waals surface area (Å²) in [5, 5.41) is 8.69. The van der Waals surface area contributed by atoms with Gasteiger partial charge in [-0.3, -0.25) is 14.6 Å². The molecule has 2 amide bonds. The van der Waals surface area contributed by atoms with Crippen LogP contribution in [-0.4, -0.2) is 21.8 Å². The summed E-state index contributed by atoms with van der Waals surface area (Å²) in [6.07, 6.45) is 5.04. The fourth-order valence-electron chi connectivity index (χ4n) is 2.41. The van der Waals surface area contributed by atoms with Crippen LogP contribution < -0.4 is 16.0 Å². The first-order chi connectivity index (χ1) is 13.1. The molecule has 0 radical (unpaired) electrons. The third kappa shape index (κ3) is 5.37. The molecule has 0 fully saturated rings. The second-order valence-electron chi connectivity index (χ2n) is 5.85. The number of carbonyl (C=O) groups excluding carboxylic acids is 2. The van der Waals surface area contributed by atoms with Gasteiger partial charge in [0.1, 0.15) is 5.82 Å². The van der Waals surface area contributed by atoms with Crippen molar-refractivity contribution < 1.29 is 9.59 Å². The van der Waals surface area contributed by atoms with Gasteiger partial charge in [0, 0.05) is 49.0 Å². The molecule has 2 heterocycles. The number of carbonyl (C=O) groups is 2. The monoisotopic (exact) mass is 361 g/mol. The Hall–Kier alpha value is -3.74. The number of pyridine rings is 2. The molecular weight excluding hydrogens is 342 g/mol. The van der Waals surface area contributed by atoms with E-state index >= 15 is 0 Å². The maximum atomic E-state index is 12.5. The number of anilines is 3. The first-order valence-electron chi connectivity index (χ1n) is 8.38. The standard InChI is InChI=1S/C20H19N5O2/c1-14(26)24-17-2-4-18(5-3-17)25-20(27)16-8-11-22-19(12-16)23-13-15-6-9-21-10-7-15/h2-12H,13H2,1H3,(H,22,23)(H,24,26)(H,25,27). The van der Waals surface area contributed by atoms with Crippen molar-refractivity contribution in [1.29, 1.82) is 0 Å². The van der Waals surface area contributed by atoms with Gasteiger partial charge in [-0.25, -0.2) is 4.98 Å². The third-order valence-corrected chi connectivity index (χ3v) is 3.71. The fourth-order valence-corrected chi connectivity index (χ4v) is 2.41. The lowest BCUT2D eigenvalue weighted by Crippen LogP contribution is -2.13. The molecular formula is C20H19N5O2. The summed E-state index contributed by atoms with van der Waals surface area (Å²) < 4.78 is 0. The molecule has 3 aromatic rings. The Bertz CT molecular complexity index is 927. The van der Waals surface area contributed by atoms with Crippen LogP contribution in [0.25, 0.3) is 0 Å². The molecule has 1 aromatic carbocycles. The van der Waals surface area contributed by atoms with Crippen molar-refractivity contribution in [3.63, 3.8) is 0 Å². The van der Waals surface area contributed by atoms with E-state index in [1.54, 1.807) is 55.0 Å². The molecule has 3 rings (SSSR count). The number of rotatable bonds is 6. The number of aromatic nitrogens is 2. The molecule has 0 unspecified atom stereocenters. The van der Waals surface area contributed by atoms with Crippen LogP contribution in [0.3, 0.4) is 0 Å². The van der Waals surface area contributed by atoms with Gasteiger partial charge in [-0.1, -0.05) is 0 Å². The molecule has 0 spiro atoms. The zero-order valence-corrected chi connectivity index (χ0v) is 14.8. The van der Waals surface area contributed by atoms with Crippen LogP contribution in [0.15, 0.2) is 67.1 Å². The summed E-state index contributed by atoms with van der Waals surface area (Å²) in [6.45, 7) is 2.03. The molecule has 7 nitrogen and oxygen atoms in total. The van der Waals surface area contributed by atoms with Crippen molar-refractivity contribution in [2.45, 2.75) is 13.5 Å². The van der Waals surface area contributed by atoms with E-state index in [9.17, 15) is 9.59 Å². The molecule has 0 atom stereocenters. The van der Waals surface area contributed by atoms with E-state index in [0.29, 0.717) is 29.3 Å². The van der Waals surface area contributed by atoms with Crippen LogP contribution in [-0.2, 0) is 11.3 Å². The van der Waals surface area contributed by atoms with Crippen molar-refractivity contribution >= 4 is 29.0 Å². The summed E-state index contributed by atoms with van der Waals surface area (Å²) in [7, 11) is 0. The van der Waals surface area contributed by atoms with Crippen molar-refractivity contribution in [1.82, 2.24) is 9.97 Å². The number of hydrogen-bond acceptors (Lipinski definition) is 5. The molecule has 0 aliphatic heterocycles. The Balaban J connectivity index is 1.62. The summed E-state index contributed by atoms with van der Waals surface area (Å²) in [5.41, 5.74) is 2.87. The van der Waals surface area contributed by atoms with Gasteiger partial charge in [0.05, 0.1) is 0 Å². The van der Waals surface area contributed by atoms with E-state index < -0.39 is 0 Å². The van der Waals surface area contributed by atoms with Crippen LogP contribution in [0.1, 0.15) is 22.8 Å². The SMILES string of the molecule is CC(=O)Nc1ccc(NC(=O)c2ccnc(NCc3ccncc3)c2)cc1. The molecule has 0 bridgehead atoms. The van der Waals surface area contributed by atoms with Crippen LogP contribution in [0.2, 0.25) is 0 Å². The average Bonchev–Trinajstić information content (AvgIpc) is 2.68. The first kappa shape index (κ1) is 18.1. The quantitative estimate of drug-likeness (QED) is 0.626. The van der Waals surface area contributed by atoms with Crippen LogP contribution in [0, 0.1) is 0 Å². The van der Waals surface area contributed by atoms with Crippen molar-refractivity contribution in [2.75, 3.05) is 16.0 Å². The Morgan fingerprint density at radius 2 is 1.56 bits per heavy atom. The number of nitrogens with zero attached hydrogens (tertiary/aromatic N) is 2. The Morgan fingerprint density at radius 3 is 2.22 bits per heavy atom. The molecule has 136 valence electrons. The van der Waals surface area contributed by atoms with Crippen molar-refractivity contribution in [2.24, 2.45) is 0 Å². The lowest BCUT2D eigenvalue weighted by molar-refractivity contribution is -0.114. The highest BCUT2D eigenvalue weighted by Gasteiger charge is 2.08. The Kier molecular flexibility index (Phi) is 5.73. The third-order valence-electron chi connectivity index (χ3n) is 3.71. The molecule has 3 N–H and O–H groups in total. The van der Waals surface area contributed by atoms with E-state index in [-0.39, 0.29) is 11.8 Å². The predicted octanol–water partition coefficient (Wildman–Crippen LogP) is 3.30. The van der Waals surface area contributed by atoms with E-state index in [1.165, 1.54) is 6.92 Å². The highest BCUT2D eigenvalue weighted by atomic mass is 16.2. The predicted molar refractivity (Wildman–Crippen MR) is 104 cm³/mol. The minimum atomic E-state index is -0.239. The number of nitrogens with one attached hydrogen (secondary N) is 3. The Morgan fingerprint density at radius 1 is 0.889 bits per heavy atom. The second-order valence-corrected chi connectivity index (χ2v) is 5.85. The van der Waals surface area contributed by atoms with Gasteiger partial charge in [-0.15, -0.1) is 0 Å². The van der Waals surface area contributed by atoms with Gasteiger partial charge in [0.15, 0.2) is 0 Å². The van der Waals surface area contributed by atoms with Crippen molar-refractivity contribution in [3.8, 4) is 0 Å². The minimum absolute atomic E-state index is 0.143. The summed E-state index contributed by atoms with van der Waals surface area (Å²) in [6, 6.07) is 14.1. The van der Waals surface area contributed by atoms with Crippen LogP contribution in [0.5, 0.6) is 0 Å². The van der Waals surface area contributed by atoms with Crippen LogP contribution in [0.4, 0.5) is 17.2 Å².